The normalized spacial score (nSPS) is 12.3. The number of fused-ring (bicyclic) bond motifs is 2. The minimum atomic E-state index is -0.617. The molecule has 0 amide bonds. The Labute approximate surface area is 200 Å². The van der Waals surface area contributed by atoms with Crippen molar-refractivity contribution < 1.29 is 5.11 Å². The van der Waals surface area contributed by atoms with Crippen molar-refractivity contribution in [3.63, 3.8) is 0 Å². The fourth-order valence-corrected chi connectivity index (χ4v) is 4.14. The monoisotopic (exact) mass is 462 g/mol. The van der Waals surface area contributed by atoms with Gasteiger partial charge in [-0.05, 0) is 53.9 Å². The molecule has 0 saturated carbocycles. The molecule has 0 aliphatic carbocycles. The molecule has 1 aromatic carbocycles. The minimum Gasteiger partial charge on any atom is -0.374 e. The summed E-state index contributed by atoms with van der Waals surface area (Å²) in [6, 6.07) is 13.9. The molecule has 6 rings (SSSR count). The number of anilines is 1. The van der Waals surface area contributed by atoms with E-state index in [4.69, 9.17) is 4.98 Å². The summed E-state index contributed by atoms with van der Waals surface area (Å²) in [6.45, 7) is 1.91. The average Bonchev–Trinajstić information content (AvgIpc) is 3.53. The molecular weight excluding hydrogens is 440 g/mol. The number of pyridine rings is 3. The van der Waals surface area contributed by atoms with Gasteiger partial charge < -0.3 is 15.4 Å². The van der Waals surface area contributed by atoms with E-state index in [9.17, 15) is 5.11 Å². The van der Waals surface area contributed by atoms with E-state index in [1.54, 1.807) is 31.0 Å². The largest absolute Gasteiger partial charge is 0.374 e. The van der Waals surface area contributed by atoms with Crippen molar-refractivity contribution in [2.24, 2.45) is 0 Å². The Hall–Kier alpha value is -4.63. The molecule has 0 bridgehead atoms. The van der Waals surface area contributed by atoms with Crippen molar-refractivity contribution >= 4 is 27.8 Å². The van der Waals surface area contributed by atoms with Gasteiger partial charge in [-0.3, -0.25) is 15.1 Å². The zero-order valence-electron chi connectivity index (χ0n) is 18.9. The Morgan fingerprint density at radius 2 is 1.83 bits per heavy atom. The van der Waals surface area contributed by atoms with Gasteiger partial charge in [0.2, 0.25) is 0 Å². The number of nitrogens with one attached hydrogen (secondary N) is 3. The predicted molar refractivity (Wildman–Crippen MR) is 135 cm³/mol. The molecule has 35 heavy (non-hydrogen) atoms. The first kappa shape index (κ1) is 20.9. The first-order valence-corrected chi connectivity index (χ1v) is 11.3. The molecule has 5 heterocycles. The lowest BCUT2D eigenvalue weighted by Gasteiger charge is -2.12. The van der Waals surface area contributed by atoms with E-state index < -0.39 is 6.23 Å². The number of benzene rings is 1. The number of H-pyrrole nitrogens is 2. The molecule has 172 valence electrons. The van der Waals surface area contributed by atoms with Gasteiger partial charge in [-0.25, -0.2) is 9.97 Å². The van der Waals surface area contributed by atoms with Gasteiger partial charge in [0.25, 0.3) is 0 Å². The lowest BCUT2D eigenvalue weighted by Crippen LogP contribution is -2.16. The van der Waals surface area contributed by atoms with E-state index in [2.05, 4.69) is 41.5 Å². The van der Waals surface area contributed by atoms with Gasteiger partial charge in [-0.15, -0.1) is 0 Å². The summed E-state index contributed by atoms with van der Waals surface area (Å²) in [5.41, 5.74) is 7.79. The number of hydrogen-bond acceptors (Lipinski definition) is 7. The Bertz CT molecular complexity index is 1640. The summed E-state index contributed by atoms with van der Waals surface area (Å²) in [6.07, 6.45) is 8.78. The van der Waals surface area contributed by atoms with Crippen molar-refractivity contribution in [3.8, 4) is 33.8 Å². The van der Waals surface area contributed by atoms with Crippen LogP contribution >= 0.6 is 0 Å². The third-order valence-electron chi connectivity index (χ3n) is 5.96. The molecule has 5 aromatic heterocycles. The number of nitrogens with zero attached hydrogens (tertiary/aromatic N) is 5. The highest BCUT2D eigenvalue weighted by atomic mass is 16.3. The van der Waals surface area contributed by atoms with Gasteiger partial charge in [0.1, 0.15) is 11.9 Å². The van der Waals surface area contributed by atoms with Crippen molar-refractivity contribution in [3.05, 3.63) is 73.4 Å². The first-order valence-electron chi connectivity index (χ1n) is 11.3. The zero-order valence-corrected chi connectivity index (χ0v) is 18.9. The van der Waals surface area contributed by atoms with Crippen LogP contribution < -0.4 is 5.32 Å². The van der Waals surface area contributed by atoms with Crippen LogP contribution in [0.2, 0.25) is 0 Å². The second-order valence-electron chi connectivity index (χ2n) is 8.24. The Balaban J connectivity index is 1.43. The van der Waals surface area contributed by atoms with Crippen LogP contribution in [0.4, 0.5) is 5.69 Å². The van der Waals surface area contributed by atoms with Crippen molar-refractivity contribution in [2.45, 2.75) is 19.6 Å². The maximum absolute atomic E-state index is 9.93. The lowest BCUT2D eigenvalue weighted by atomic mass is 10.0. The van der Waals surface area contributed by atoms with Crippen LogP contribution in [0.25, 0.3) is 55.8 Å². The van der Waals surface area contributed by atoms with Gasteiger partial charge in [0.15, 0.2) is 11.5 Å². The van der Waals surface area contributed by atoms with Gasteiger partial charge in [0.05, 0.1) is 22.9 Å². The number of rotatable bonds is 6. The highest BCUT2D eigenvalue weighted by Crippen LogP contribution is 2.32. The molecule has 9 nitrogen and oxygen atoms in total. The van der Waals surface area contributed by atoms with Crippen LogP contribution in [0.3, 0.4) is 0 Å². The Kier molecular flexibility index (Phi) is 5.16. The fourth-order valence-electron chi connectivity index (χ4n) is 4.14. The molecule has 9 heteroatoms. The van der Waals surface area contributed by atoms with Crippen LogP contribution in [0, 0.1) is 0 Å². The summed E-state index contributed by atoms with van der Waals surface area (Å²) in [5, 5.41) is 21.6. The Morgan fingerprint density at radius 3 is 2.69 bits per heavy atom. The molecule has 0 radical (unpaired) electrons. The summed E-state index contributed by atoms with van der Waals surface area (Å²) in [4.78, 5) is 21.1. The molecule has 0 aliphatic heterocycles. The number of aliphatic hydroxyl groups excluding tert-OH is 1. The minimum absolute atomic E-state index is 0.601. The summed E-state index contributed by atoms with van der Waals surface area (Å²) < 4.78 is 0. The van der Waals surface area contributed by atoms with Gasteiger partial charge in [0, 0.05) is 41.3 Å². The highest BCUT2D eigenvalue weighted by Gasteiger charge is 2.16. The average molecular weight is 463 g/mol. The van der Waals surface area contributed by atoms with Crippen LogP contribution in [0.1, 0.15) is 13.3 Å². The van der Waals surface area contributed by atoms with Gasteiger partial charge in [-0.1, -0.05) is 13.0 Å². The second kappa shape index (κ2) is 8.62. The van der Waals surface area contributed by atoms with E-state index in [1.165, 1.54) is 0 Å². The van der Waals surface area contributed by atoms with Crippen LogP contribution in [0.15, 0.2) is 73.4 Å². The fraction of sp³-hybridized carbons (Fsp3) is 0.115. The maximum atomic E-state index is 9.93. The van der Waals surface area contributed by atoms with E-state index in [-0.39, 0.29) is 0 Å². The van der Waals surface area contributed by atoms with Crippen molar-refractivity contribution in [1.82, 2.24) is 35.1 Å². The summed E-state index contributed by atoms with van der Waals surface area (Å²) in [7, 11) is 0. The molecule has 1 atom stereocenters. The number of aromatic amines is 2. The molecule has 4 N–H and O–H groups in total. The first-order chi connectivity index (χ1) is 17.2. The smallest absolute Gasteiger partial charge is 0.178 e. The van der Waals surface area contributed by atoms with Crippen LogP contribution in [0.5, 0.6) is 0 Å². The quantitative estimate of drug-likeness (QED) is 0.263. The number of hydrogen-bond donors (Lipinski definition) is 4. The van der Waals surface area contributed by atoms with Crippen molar-refractivity contribution in [1.29, 1.82) is 0 Å². The molecule has 6 aromatic rings. The molecule has 1 unspecified atom stereocenters. The number of aliphatic hydroxyl groups is 1. The number of aromatic nitrogens is 7. The van der Waals surface area contributed by atoms with Crippen molar-refractivity contribution in [2.75, 3.05) is 5.32 Å². The molecule has 0 aliphatic rings. The van der Waals surface area contributed by atoms with E-state index >= 15 is 0 Å². The third kappa shape index (κ3) is 3.87. The molecular formula is C26H22N8O. The lowest BCUT2D eigenvalue weighted by molar-refractivity contribution is 0.199. The van der Waals surface area contributed by atoms with Gasteiger partial charge in [-0.2, -0.15) is 5.10 Å². The number of imidazole rings is 1. The molecule has 0 spiro atoms. The molecule has 0 fully saturated rings. The third-order valence-corrected chi connectivity index (χ3v) is 5.96. The van der Waals surface area contributed by atoms with E-state index in [0.717, 1.165) is 44.4 Å². The summed E-state index contributed by atoms with van der Waals surface area (Å²) >= 11 is 0. The van der Waals surface area contributed by atoms with E-state index in [1.807, 2.05) is 43.3 Å². The second-order valence-corrected chi connectivity index (χ2v) is 8.24. The topological polar surface area (TPSA) is 128 Å². The standard InChI is InChI=1S/C26H22N8O/c1-2-22(35)30-18-11-17(13-28-14-18)16-3-4-21-20(12-16)24(34-33-21)26-31-23-19(7-10-29-25(23)32-26)15-5-8-27-9-6-15/h3-14,22,30,35H,2H2,1H3,(H,33,34)(H,29,31,32). The Morgan fingerprint density at radius 1 is 0.943 bits per heavy atom. The van der Waals surface area contributed by atoms with Gasteiger partial charge >= 0.3 is 0 Å². The zero-order chi connectivity index (χ0) is 23.8. The van der Waals surface area contributed by atoms with E-state index in [0.29, 0.717) is 23.6 Å². The summed E-state index contributed by atoms with van der Waals surface area (Å²) in [5.74, 6) is 0.636. The maximum Gasteiger partial charge on any atom is 0.178 e. The predicted octanol–water partition coefficient (Wildman–Crippen LogP) is 4.77. The SMILES string of the molecule is CCC(O)Nc1cncc(-c2ccc3[nH]nc(-c4nc5nccc(-c6ccncc6)c5[nH]4)c3c2)c1. The molecule has 0 saturated heterocycles. The van der Waals surface area contributed by atoms with Crippen LogP contribution in [-0.4, -0.2) is 46.5 Å². The van der Waals surface area contributed by atoms with Crippen LogP contribution in [-0.2, 0) is 0 Å². The highest BCUT2D eigenvalue weighted by molar-refractivity contribution is 5.97.